The van der Waals surface area contributed by atoms with Crippen LogP contribution in [-0.2, 0) is 72.4 Å². The zero-order chi connectivity index (χ0) is 93.9. The van der Waals surface area contributed by atoms with Gasteiger partial charge in [-0.3, -0.25) is 0 Å². The summed E-state index contributed by atoms with van der Waals surface area (Å²) in [6, 6.07) is 79.6. The second-order valence-electron chi connectivity index (χ2n) is 35.3. The van der Waals surface area contributed by atoms with E-state index in [4.69, 9.17) is 110 Å². The van der Waals surface area contributed by atoms with Crippen molar-refractivity contribution in [3.63, 3.8) is 0 Å². The van der Waals surface area contributed by atoms with Crippen molar-refractivity contribution in [2.75, 3.05) is 106 Å². The Labute approximate surface area is 801 Å². The highest BCUT2D eigenvalue weighted by atomic mass is 17.2. The molecule has 3 aliphatic carbocycles. The van der Waals surface area contributed by atoms with E-state index >= 15 is 0 Å². The van der Waals surface area contributed by atoms with Gasteiger partial charge in [0.25, 0.3) is 0 Å². The third-order valence-electron chi connectivity index (χ3n) is 24.8. The van der Waals surface area contributed by atoms with E-state index in [1.54, 1.807) is 72.8 Å². The maximum Gasteiger partial charge on any atom is 0.343 e. The number of carbonyl (C=O) groups excluding carboxylic acids is 3. The molecule has 6 saturated heterocycles. The number of benzene rings is 12. The van der Waals surface area contributed by atoms with Gasteiger partial charge in [0.1, 0.15) is 109 Å². The van der Waals surface area contributed by atoms with Crippen molar-refractivity contribution >= 4 is 17.9 Å². The molecule has 6 heterocycles. The Kier molecular flexibility index (Phi) is 30.9. The van der Waals surface area contributed by atoms with Crippen LogP contribution in [0, 0.1) is 0 Å². The number of epoxide rings is 6. The highest BCUT2D eigenvalue weighted by molar-refractivity contribution is 5.93. The molecule has 0 bridgehead atoms. The molecule has 0 amide bonds. The van der Waals surface area contributed by atoms with Crippen LogP contribution in [-0.4, -0.2) is 160 Å². The number of hydrogen-bond donors (Lipinski definition) is 0. The zero-order valence-electron chi connectivity index (χ0n) is 77.2. The lowest BCUT2D eigenvalue weighted by Crippen LogP contribution is -2.09. The molecule has 0 aromatic heterocycles. The van der Waals surface area contributed by atoms with Gasteiger partial charge in [-0.15, -0.1) is 0 Å². The Morgan fingerprint density at radius 3 is 0.746 bits per heavy atom. The lowest BCUT2D eigenvalue weighted by molar-refractivity contribution is -0.217. The number of rotatable bonds is 48. The smallest absolute Gasteiger partial charge is 0.343 e. The molecule has 0 radical (unpaired) electrons. The monoisotopic (exact) mass is 1870 g/mol. The molecule has 9 aliphatic rings. The van der Waals surface area contributed by atoms with E-state index in [2.05, 4.69) is 20.8 Å². The fourth-order valence-electron chi connectivity index (χ4n) is 16.4. The fourth-order valence-corrected chi connectivity index (χ4v) is 16.4. The van der Waals surface area contributed by atoms with Crippen molar-refractivity contribution in [3.8, 4) is 102 Å². The lowest BCUT2D eigenvalue weighted by Gasteiger charge is -2.11. The molecule has 26 heteroatoms. The second-order valence-corrected chi connectivity index (χ2v) is 35.3. The number of hydrogen-bond acceptors (Lipinski definition) is 26. The molecule has 6 fully saturated rings. The van der Waals surface area contributed by atoms with Crippen LogP contribution in [0.2, 0.25) is 0 Å². The summed E-state index contributed by atoms with van der Waals surface area (Å²) < 4.78 is 93.8. The van der Waals surface area contributed by atoms with E-state index in [9.17, 15) is 14.4 Å². The summed E-state index contributed by atoms with van der Waals surface area (Å²) in [5.41, 5.74) is 17.7. The van der Waals surface area contributed by atoms with Gasteiger partial charge >= 0.3 is 17.9 Å². The van der Waals surface area contributed by atoms with Crippen LogP contribution < -0.4 is 57.3 Å². The average molecular weight is 1870 g/mol. The van der Waals surface area contributed by atoms with Crippen molar-refractivity contribution in [3.05, 3.63) is 322 Å². The SMILES string of the molecule is CC1c2cc(OOCc3ccc(OCC4CO4)cc3)ccc2-c2ccc(OC(=O)c3ccc(OCC4CO4)cc3)cc21.CC1c2cc(OOCc3ccc(OCCC4CO4)cc3)ccc2-c2ccc(OC(=O)c3ccc(OCCC4CO4)cc3)cc21.CC1c2cc(OOCc3ccc(OCCCCOCC4CO4)cc3)ccc2-c2ccc(OC(=O)c3ccc(OCCCCOCC4CO4)cc3)cc21. The van der Waals surface area contributed by atoms with Gasteiger partial charge < -0.3 is 95.2 Å². The van der Waals surface area contributed by atoms with Gasteiger partial charge in [0.15, 0.2) is 17.2 Å². The first-order valence-corrected chi connectivity index (χ1v) is 47.4. The highest BCUT2D eigenvalue weighted by Crippen LogP contribution is 2.51. The van der Waals surface area contributed by atoms with Gasteiger partial charge in [-0.1, -0.05) is 93.6 Å². The molecule has 714 valence electrons. The first-order chi connectivity index (χ1) is 67.8. The van der Waals surface area contributed by atoms with Gasteiger partial charge in [0.05, 0.1) is 108 Å². The molecule has 0 spiro atoms. The average Bonchev–Trinajstić information content (AvgIpc) is 1.62. The van der Waals surface area contributed by atoms with Crippen LogP contribution in [0.4, 0.5) is 0 Å². The van der Waals surface area contributed by atoms with Gasteiger partial charge in [0, 0.05) is 43.8 Å². The Morgan fingerprint density at radius 2 is 0.471 bits per heavy atom. The van der Waals surface area contributed by atoms with E-state index in [1.165, 1.54) is 0 Å². The molecule has 9 atom stereocenters. The number of carbonyl (C=O) groups is 3. The van der Waals surface area contributed by atoms with Gasteiger partial charge in [-0.05, 0) is 291 Å². The summed E-state index contributed by atoms with van der Waals surface area (Å²) in [7, 11) is 0. The van der Waals surface area contributed by atoms with Crippen LogP contribution in [0.5, 0.6) is 69.0 Å². The van der Waals surface area contributed by atoms with Crippen molar-refractivity contribution in [2.45, 2.75) is 133 Å². The maximum atomic E-state index is 13.0. The summed E-state index contributed by atoms with van der Waals surface area (Å²) in [5, 5.41) is 0. The molecular weight excluding hydrogens is 1760 g/mol. The largest absolute Gasteiger partial charge is 0.494 e. The summed E-state index contributed by atoms with van der Waals surface area (Å²) in [6.07, 6.45) is 7.21. The number of unbranched alkanes of at least 4 members (excludes halogenated alkanes) is 2. The number of esters is 3. The normalized spacial score (nSPS) is 18.8. The van der Waals surface area contributed by atoms with Gasteiger partial charge in [-0.25, -0.2) is 14.4 Å². The number of ether oxygens (including phenoxy) is 17. The van der Waals surface area contributed by atoms with Gasteiger partial charge in [0.2, 0.25) is 0 Å². The van der Waals surface area contributed by atoms with Crippen LogP contribution in [0.3, 0.4) is 0 Å². The number of fused-ring (bicyclic) bond motifs is 9. The third-order valence-corrected chi connectivity index (χ3v) is 24.8. The summed E-state index contributed by atoms with van der Waals surface area (Å²) >= 11 is 0. The molecule has 21 rings (SSSR count). The maximum absolute atomic E-state index is 13.0. The standard InChI is InChI=1S/C42H46O10.C36H34O8.C34H30O8/c1-29-40-22-34(51-42(43)31-8-12-33(13-9-31)47-21-5-3-19-45-26-37-28-49-37)14-16-38(40)39-17-15-35(23-41(29)39)52-50-24-30-6-10-32(11-7-30)46-20-4-2-18-44-25-36-27-48-36;1-23-34-18-28(43-36(37)25-4-8-27(9-5-25)39-17-15-31-22-41-31)10-12-32(34)33-13-11-29(19-35(23)33)44-42-20-24-2-6-26(7-3-24)38-16-14-30-21-40-30;1-21-32-14-26(41-34(35)23-4-8-25(9-5-23)37-18-29-20-39-29)10-12-30(32)31-13-11-27(15-33(21)31)42-40-16-22-2-6-24(7-3-22)36-17-28-19-38-28/h6-17,22-23,29,36-37H,2-5,18-21,24-28H2,1H3;2-13,18-19,23,30-31H,14-17,20-22H2,1H3;2-15,21,28-29H,16-20H2,1H3. The van der Waals surface area contributed by atoms with E-state index in [0.29, 0.717) is 166 Å². The Hall–Kier alpha value is -13.2. The van der Waals surface area contributed by atoms with Crippen LogP contribution in [0.15, 0.2) is 255 Å². The van der Waals surface area contributed by atoms with Crippen LogP contribution in [0.25, 0.3) is 33.4 Å². The van der Waals surface area contributed by atoms with Crippen LogP contribution in [0.1, 0.15) is 158 Å². The van der Waals surface area contributed by atoms with Crippen molar-refractivity contribution in [2.24, 2.45) is 0 Å². The molecule has 12 aromatic carbocycles. The molecule has 9 unspecified atom stereocenters. The van der Waals surface area contributed by atoms with E-state index in [0.717, 1.165) is 191 Å². The molecule has 0 saturated carbocycles. The molecule has 12 aromatic rings. The molecule has 26 nitrogen and oxygen atoms in total. The second kappa shape index (κ2) is 45.4. The van der Waals surface area contributed by atoms with Crippen LogP contribution >= 0.6 is 0 Å². The third kappa shape index (κ3) is 26.4. The highest BCUT2D eigenvalue weighted by Gasteiger charge is 2.33. The Balaban J connectivity index is 0.000000133. The summed E-state index contributed by atoms with van der Waals surface area (Å²) in [6.45, 7) is 18.5. The first-order valence-electron chi connectivity index (χ1n) is 47.4. The predicted molar refractivity (Wildman–Crippen MR) is 509 cm³/mol. The molecule has 138 heavy (non-hydrogen) atoms. The lowest BCUT2D eigenvalue weighted by atomic mass is 9.99. The van der Waals surface area contributed by atoms with E-state index in [1.807, 2.05) is 182 Å². The van der Waals surface area contributed by atoms with E-state index in [-0.39, 0.29) is 30.0 Å². The summed E-state index contributed by atoms with van der Waals surface area (Å²) in [4.78, 5) is 72.3. The minimum atomic E-state index is -0.418. The molecule has 6 aliphatic heterocycles. The van der Waals surface area contributed by atoms with Crippen molar-refractivity contribution < 1.29 is 124 Å². The molecular formula is C112H110O26. The quantitative estimate of drug-likeness (QED) is 0.00855. The van der Waals surface area contributed by atoms with Crippen molar-refractivity contribution in [1.82, 2.24) is 0 Å². The topological polar surface area (TPSA) is 283 Å². The Morgan fingerprint density at radius 1 is 0.246 bits per heavy atom. The fraction of sp³-hybridized carbons (Fsp3) is 0.330. The Bertz CT molecular complexity index is 6110. The zero-order valence-corrected chi connectivity index (χ0v) is 77.2. The predicted octanol–water partition coefficient (Wildman–Crippen LogP) is 20.7. The minimum Gasteiger partial charge on any atom is -0.494 e. The first kappa shape index (κ1) is 93.8. The summed E-state index contributed by atoms with van der Waals surface area (Å²) in [5.74, 6) is 7.00. The van der Waals surface area contributed by atoms with Gasteiger partial charge in [-0.2, -0.15) is 14.7 Å². The van der Waals surface area contributed by atoms with Crippen molar-refractivity contribution in [1.29, 1.82) is 0 Å². The minimum absolute atomic E-state index is 0.0832. The molecule has 0 N–H and O–H groups in total. The van der Waals surface area contributed by atoms with E-state index < -0.39 is 17.9 Å².